The van der Waals surface area contributed by atoms with Crippen molar-refractivity contribution in [2.45, 2.75) is 10.8 Å². The van der Waals surface area contributed by atoms with Gasteiger partial charge in [0, 0.05) is 11.3 Å². The van der Waals surface area contributed by atoms with E-state index in [2.05, 4.69) is 15.2 Å². The van der Waals surface area contributed by atoms with Crippen LogP contribution in [0.15, 0.2) is 93.6 Å². The Morgan fingerprint density at radius 3 is 2.30 bits per heavy atom. The Balaban J connectivity index is 1.32. The number of rotatable bonds is 11. The summed E-state index contributed by atoms with van der Waals surface area (Å²) in [6, 6.07) is 21.2. The predicted octanol–water partition coefficient (Wildman–Crippen LogP) is 4.69. The SMILES string of the molecule is COC(=O)c1ccc(COc2ccc(/C=N\NC(=O)c3ccc(NS(=O)(=O)c4cccs4)cc3)cc2OC)cc1. The number of sulfonamides is 1. The topological polar surface area (TPSA) is 132 Å². The number of hydrazone groups is 1. The molecular formula is C28H25N3O7S2. The van der Waals surface area contributed by atoms with E-state index < -0.39 is 21.9 Å². The van der Waals surface area contributed by atoms with Crippen LogP contribution in [0.2, 0.25) is 0 Å². The van der Waals surface area contributed by atoms with Gasteiger partial charge in [0.15, 0.2) is 11.5 Å². The molecule has 1 aromatic heterocycles. The first-order chi connectivity index (χ1) is 19.3. The number of carbonyl (C=O) groups is 2. The number of ether oxygens (including phenoxy) is 3. The Hall–Kier alpha value is -4.68. The Morgan fingerprint density at radius 2 is 1.65 bits per heavy atom. The van der Waals surface area contributed by atoms with Gasteiger partial charge in [-0.05, 0) is 77.2 Å². The van der Waals surface area contributed by atoms with E-state index in [1.54, 1.807) is 53.9 Å². The molecule has 40 heavy (non-hydrogen) atoms. The van der Waals surface area contributed by atoms with Crippen molar-refractivity contribution in [3.63, 3.8) is 0 Å². The van der Waals surface area contributed by atoms with Gasteiger partial charge in [0.05, 0.1) is 26.0 Å². The number of esters is 1. The standard InChI is InChI=1S/C28H25N3O7S2/c1-36-25-16-20(7-14-24(25)38-18-19-5-8-22(9-6-19)28(33)37-2)17-29-30-27(32)21-10-12-23(13-11-21)31-40(34,35)26-4-3-15-39-26/h3-17,31H,18H2,1-2H3,(H,30,32)/b29-17-. The van der Waals surface area contributed by atoms with E-state index in [0.29, 0.717) is 33.9 Å². The number of amides is 1. The molecule has 0 radical (unpaired) electrons. The molecule has 1 heterocycles. The van der Waals surface area contributed by atoms with Crippen molar-refractivity contribution >= 4 is 45.1 Å². The molecule has 12 heteroatoms. The fourth-order valence-corrected chi connectivity index (χ4v) is 5.49. The van der Waals surface area contributed by atoms with Crippen molar-refractivity contribution in [2.75, 3.05) is 18.9 Å². The maximum atomic E-state index is 12.5. The lowest BCUT2D eigenvalue weighted by atomic mass is 10.1. The second-order valence-corrected chi connectivity index (χ2v) is 11.1. The molecule has 10 nitrogen and oxygen atoms in total. The van der Waals surface area contributed by atoms with Gasteiger partial charge in [0.2, 0.25) is 0 Å². The first-order valence-electron chi connectivity index (χ1n) is 11.8. The maximum Gasteiger partial charge on any atom is 0.337 e. The minimum atomic E-state index is -3.67. The van der Waals surface area contributed by atoms with E-state index in [1.807, 2.05) is 0 Å². The zero-order valence-corrected chi connectivity index (χ0v) is 23.1. The van der Waals surface area contributed by atoms with Crippen molar-refractivity contribution in [3.8, 4) is 11.5 Å². The maximum absolute atomic E-state index is 12.5. The van der Waals surface area contributed by atoms with Gasteiger partial charge in [-0.2, -0.15) is 5.10 Å². The highest BCUT2D eigenvalue weighted by molar-refractivity contribution is 7.94. The fraction of sp³-hybridized carbons (Fsp3) is 0.107. The van der Waals surface area contributed by atoms with E-state index in [1.165, 1.54) is 50.8 Å². The lowest BCUT2D eigenvalue weighted by Crippen LogP contribution is -2.17. The summed E-state index contributed by atoms with van der Waals surface area (Å²) in [4.78, 5) is 24.0. The van der Waals surface area contributed by atoms with Crippen LogP contribution in [-0.2, 0) is 21.4 Å². The quantitative estimate of drug-likeness (QED) is 0.150. The van der Waals surface area contributed by atoms with Gasteiger partial charge in [-0.1, -0.05) is 18.2 Å². The molecule has 0 aliphatic rings. The van der Waals surface area contributed by atoms with E-state index in [-0.39, 0.29) is 10.8 Å². The summed E-state index contributed by atoms with van der Waals surface area (Å²) >= 11 is 1.11. The van der Waals surface area contributed by atoms with Crippen LogP contribution in [0.1, 0.15) is 31.8 Å². The molecule has 0 spiro atoms. The molecule has 0 aliphatic carbocycles. The van der Waals surface area contributed by atoms with Crippen LogP contribution in [0.25, 0.3) is 0 Å². The Morgan fingerprint density at radius 1 is 0.925 bits per heavy atom. The van der Waals surface area contributed by atoms with Crippen LogP contribution in [0.3, 0.4) is 0 Å². The summed E-state index contributed by atoms with van der Waals surface area (Å²) in [5.41, 5.74) is 5.05. The van der Waals surface area contributed by atoms with E-state index in [9.17, 15) is 18.0 Å². The summed E-state index contributed by atoms with van der Waals surface area (Å²) in [6.45, 7) is 0.260. The van der Waals surface area contributed by atoms with Crippen molar-refractivity contribution in [2.24, 2.45) is 5.10 Å². The third-order valence-corrected chi connectivity index (χ3v) is 8.27. The van der Waals surface area contributed by atoms with Crippen LogP contribution in [0.5, 0.6) is 11.5 Å². The summed E-state index contributed by atoms with van der Waals surface area (Å²) in [6.07, 6.45) is 1.46. The first-order valence-corrected chi connectivity index (χ1v) is 14.1. The van der Waals surface area contributed by atoms with Gasteiger partial charge in [-0.3, -0.25) is 9.52 Å². The number of methoxy groups -OCH3 is 2. The average molecular weight is 580 g/mol. The molecule has 4 aromatic rings. The molecule has 4 rings (SSSR count). The number of thiophene rings is 1. The molecule has 0 bridgehead atoms. The highest BCUT2D eigenvalue weighted by atomic mass is 32.2. The van der Waals surface area contributed by atoms with E-state index in [4.69, 9.17) is 14.2 Å². The summed E-state index contributed by atoms with van der Waals surface area (Å²) in [7, 11) is -0.827. The number of carbonyl (C=O) groups excluding carboxylic acids is 2. The van der Waals surface area contributed by atoms with Crippen molar-refractivity contribution in [1.82, 2.24) is 5.43 Å². The van der Waals surface area contributed by atoms with Gasteiger partial charge in [-0.25, -0.2) is 18.6 Å². The van der Waals surface area contributed by atoms with Crippen LogP contribution in [-0.4, -0.2) is 40.7 Å². The predicted molar refractivity (Wildman–Crippen MR) is 152 cm³/mol. The van der Waals surface area contributed by atoms with Gasteiger partial charge in [-0.15, -0.1) is 11.3 Å². The number of nitrogens with zero attached hydrogens (tertiary/aromatic N) is 1. The molecule has 3 aromatic carbocycles. The molecule has 2 N–H and O–H groups in total. The van der Waals surface area contributed by atoms with Crippen LogP contribution >= 0.6 is 11.3 Å². The van der Waals surface area contributed by atoms with Gasteiger partial charge < -0.3 is 14.2 Å². The number of hydrogen-bond donors (Lipinski definition) is 2. The van der Waals surface area contributed by atoms with Crippen LogP contribution in [0, 0.1) is 0 Å². The summed E-state index contributed by atoms with van der Waals surface area (Å²) < 4.78 is 43.3. The molecular weight excluding hydrogens is 554 g/mol. The minimum Gasteiger partial charge on any atom is -0.493 e. The molecule has 0 saturated carbocycles. The molecule has 1 amide bonds. The Labute approximate surface area is 235 Å². The number of nitrogens with one attached hydrogen (secondary N) is 2. The fourth-order valence-electron chi connectivity index (χ4n) is 3.44. The average Bonchev–Trinajstić information content (AvgIpc) is 3.53. The van der Waals surface area contributed by atoms with Gasteiger partial charge in [0.1, 0.15) is 10.8 Å². The second-order valence-electron chi connectivity index (χ2n) is 8.20. The second kappa shape index (κ2) is 12.9. The largest absolute Gasteiger partial charge is 0.493 e. The molecule has 0 aliphatic heterocycles. The molecule has 0 saturated heterocycles. The minimum absolute atomic E-state index is 0.201. The molecule has 0 atom stereocenters. The Bertz CT molecular complexity index is 1600. The van der Waals surface area contributed by atoms with Crippen molar-refractivity contribution < 1.29 is 32.2 Å². The molecule has 0 fully saturated rings. The smallest absolute Gasteiger partial charge is 0.337 e. The lowest BCUT2D eigenvalue weighted by molar-refractivity contribution is 0.0600. The monoisotopic (exact) mass is 579 g/mol. The Kier molecular flexibility index (Phi) is 9.15. The zero-order valence-electron chi connectivity index (χ0n) is 21.5. The highest BCUT2D eigenvalue weighted by Gasteiger charge is 2.15. The van der Waals surface area contributed by atoms with E-state index in [0.717, 1.165) is 16.9 Å². The summed E-state index contributed by atoms with van der Waals surface area (Å²) in [5, 5.41) is 5.67. The normalized spacial score (nSPS) is 11.2. The summed E-state index contributed by atoms with van der Waals surface area (Å²) in [5.74, 6) is 0.113. The number of hydrogen-bond acceptors (Lipinski definition) is 9. The molecule has 206 valence electrons. The third kappa shape index (κ3) is 7.24. The van der Waals surface area contributed by atoms with Crippen LogP contribution < -0.4 is 19.6 Å². The van der Waals surface area contributed by atoms with Gasteiger partial charge >= 0.3 is 5.97 Å². The van der Waals surface area contributed by atoms with Gasteiger partial charge in [0.25, 0.3) is 15.9 Å². The van der Waals surface area contributed by atoms with E-state index >= 15 is 0 Å². The van der Waals surface area contributed by atoms with Crippen molar-refractivity contribution in [1.29, 1.82) is 0 Å². The number of benzene rings is 3. The van der Waals surface area contributed by atoms with Crippen LogP contribution in [0.4, 0.5) is 5.69 Å². The highest BCUT2D eigenvalue weighted by Crippen LogP contribution is 2.28. The lowest BCUT2D eigenvalue weighted by Gasteiger charge is -2.11. The third-order valence-electron chi connectivity index (χ3n) is 5.50. The first kappa shape index (κ1) is 28.3. The molecule has 0 unspecified atom stereocenters. The number of anilines is 1. The van der Waals surface area contributed by atoms with Crippen molar-refractivity contribution in [3.05, 3.63) is 106 Å². The zero-order chi connectivity index (χ0) is 28.5.